The molecule has 2 N–H and O–H groups in total. The fourth-order valence-electron chi connectivity index (χ4n) is 2.63. The van der Waals surface area contributed by atoms with E-state index in [1.165, 1.54) is 5.41 Å². The molecule has 0 aromatic heterocycles. The number of sulfone groups is 1. The highest BCUT2D eigenvalue weighted by atomic mass is 32.2. The van der Waals surface area contributed by atoms with Crippen molar-refractivity contribution in [1.29, 1.82) is 0 Å². The predicted octanol–water partition coefficient (Wildman–Crippen LogP) is 0.606. The van der Waals surface area contributed by atoms with E-state index in [-0.39, 0.29) is 0 Å². The molecule has 0 amide bonds. The third kappa shape index (κ3) is 2.52. The molecule has 2 heterocycles. The van der Waals surface area contributed by atoms with Crippen molar-refractivity contribution in [2.45, 2.75) is 11.4 Å². The summed E-state index contributed by atoms with van der Waals surface area (Å²) in [7, 11) is -3.31. The minimum atomic E-state index is -3.31. The first kappa shape index (κ1) is 13.8. The number of nitrogens with zero attached hydrogens (tertiary/aromatic N) is 1. The van der Waals surface area contributed by atoms with Gasteiger partial charge in [0.1, 0.15) is 0 Å². The molecule has 1 aromatic carbocycles. The van der Waals surface area contributed by atoms with Crippen molar-refractivity contribution >= 4 is 15.4 Å². The van der Waals surface area contributed by atoms with Crippen molar-refractivity contribution in [1.82, 2.24) is 4.90 Å². The summed E-state index contributed by atoms with van der Waals surface area (Å²) in [5, 5.41) is 1.40. The van der Waals surface area contributed by atoms with Crippen LogP contribution >= 0.6 is 0 Å². The van der Waals surface area contributed by atoms with E-state index in [1.807, 2.05) is 12.1 Å². The first-order valence-corrected chi connectivity index (χ1v) is 8.24. The second-order valence-electron chi connectivity index (χ2n) is 5.11. The summed E-state index contributed by atoms with van der Waals surface area (Å²) in [4.78, 5) is 2.61. The molecule has 0 radical (unpaired) electrons. The van der Waals surface area contributed by atoms with Gasteiger partial charge in [-0.3, -0.25) is 4.90 Å². The summed E-state index contributed by atoms with van der Waals surface area (Å²) < 4.78 is 29.7. The fraction of sp³-hybridized carbons (Fsp3) is 0.429. The quantitative estimate of drug-likeness (QED) is 0.884. The Morgan fingerprint density at radius 1 is 1.25 bits per heavy atom. The molecule has 20 heavy (non-hydrogen) atoms. The standard InChI is InChI=1S/C14H18N2O3S/c15-8-11-1-2-13-12(9-16-3-5-19-6-4-16)10-20(17,18)14(13)7-11/h1-2,7,10H,3-6,8-9,15H2. The zero-order valence-electron chi connectivity index (χ0n) is 11.2. The lowest BCUT2D eigenvalue weighted by molar-refractivity contribution is 0.0444. The van der Waals surface area contributed by atoms with E-state index < -0.39 is 9.84 Å². The monoisotopic (exact) mass is 294 g/mol. The van der Waals surface area contributed by atoms with Gasteiger partial charge < -0.3 is 10.5 Å². The Morgan fingerprint density at radius 3 is 2.70 bits per heavy atom. The molecule has 108 valence electrons. The molecule has 2 aliphatic heterocycles. The van der Waals surface area contributed by atoms with Crippen molar-refractivity contribution in [2.24, 2.45) is 5.73 Å². The van der Waals surface area contributed by atoms with Crippen LogP contribution in [0.3, 0.4) is 0 Å². The molecule has 0 spiro atoms. The molecule has 2 aliphatic rings. The Morgan fingerprint density at radius 2 is 2.00 bits per heavy atom. The van der Waals surface area contributed by atoms with Gasteiger partial charge in [0.2, 0.25) is 9.84 Å². The van der Waals surface area contributed by atoms with E-state index in [0.29, 0.717) is 31.2 Å². The maximum Gasteiger partial charge on any atom is 0.200 e. The summed E-state index contributed by atoms with van der Waals surface area (Å²) in [6.07, 6.45) is 0. The highest BCUT2D eigenvalue weighted by Crippen LogP contribution is 2.34. The Bertz CT molecular complexity index is 646. The minimum absolute atomic E-state index is 0.349. The molecule has 0 aliphatic carbocycles. The van der Waals surface area contributed by atoms with Gasteiger partial charge in [-0.1, -0.05) is 12.1 Å². The second-order valence-corrected chi connectivity index (χ2v) is 6.88. The van der Waals surface area contributed by atoms with Crippen molar-refractivity contribution in [3.05, 3.63) is 34.7 Å². The Hall–Kier alpha value is -1.21. The molecule has 1 aromatic rings. The van der Waals surface area contributed by atoms with E-state index in [0.717, 1.165) is 29.8 Å². The normalized spacial score (nSPS) is 21.6. The third-order valence-electron chi connectivity index (χ3n) is 3.73. The maximum atomic E-state index is 12.2. The van der Waals surface area contributed by atoms with Gasteiger partial charge in [0.25, 0.3) is 0 Å². The van der Waals surface area contributed by atoms with Crippen LogP contribution in [0.15, 0.2) is 28.5 Å². The Labute approximate surface area is 118 Å². The van der Waals surface area contributed by atoms with Gasteiger partial charge in [0, 0.05) is 31.6 Å². The first-order valence-electron chi connectivity index (χ1n) is 6.69. The molecular weight excluding hydrogens is 276 g/mol. The van der Waals surface area contributed by atoms with Crippen LogP contribution in [-0.2, 0) is 21.1 Å². The zero-order valence-corrected chi connectivity index (χ0v) is 12.0. The molecule has 3 rings (SSSR count). The lowest BCUT2D eigenvalue weighted by Crippen LogP contribution is -2.37. The van der Waals surface area contributed by atoms with Gasteiger partial charge in [0.05, 0.1) is 18.1 Å². The number of ether oxygens (including phenoxy) is 1. The summed E-state index contributed by atoms with van der Waals surface area (Å²) in [5.74, 6) is 0. The number of fused-ring (bicyclic) bond motifs is 1. The smallest absolute Gasteiger partial charge is 0.200 e. The number of benzene rings is 1. The van der Waals surface area contributed by atoms with E-state index in [9.17, 15) is 8.42 Å². The number of hydrogen-bond donors (Lipinski definition) is 1. The van der Waals surface area contributed by atoms with Gasteiger partial charge >= 0.3 is 0 Å². The van der Waals surface area contributed by atoms with Crippen LogP contribution in [0, 0.1) is 0 Å². The highest BCUT2D eigenvalue weighted by Gasteiger charge is 2.28. The average molecular weight is 294 g/mol. The van der Waals surface area contributed by atoms with Gasteiger partial charge in [-0.05, 0) is 22.8 Å². The molecule has 5 nitrogen and oxygen atoms in total. The van der Waals surface area contributed by atoms with Gasteiger partial charge in [-0.2, -0.15) is 0 Å². The van der Waals surface area contributed by atoms with Crippen molar-refractivity contribution < 1.29 is 13.2 Å². The summed E-state index contributed by atoms with van der Waals surface area (Å²) >= 11 is 0. The van der Waals surface area contributed by atoms with Crippen LogP contribution in [0.2, 0.25) is 0 Å². The number of nitrogens with two attached hydrogens (primary N) is 1. The molecule has 1 fully saturated rings. The fourth-order valence-corrected chi connectivity index (χ4v) is 4.16. The van der Waals surface area contributed by atoms with Crippen LogP contribution < -0.4 is 5.73 Å². The average Bonchev–Trinajstić information content (AvgIpc) is 2.71. The highest BCUT2D eigenvalue weighted by molar-refractivity contribution is 7.95. The molecular formula is C14H18N2O3S. The summed E-state index contributed by atoms with van der Waals surface area (Å²) in [6, 6.07) is 5.45. The largest absolute Gasteiger partial charge is 0.379 e. The number of rotatable bonds is 3. The third-order valence-corrected chi connectivity index (χ3v) is 5.27. The Kier molecular flexibility index (Phi) is 3.64. The van der Waals surface area contributed by atoms with E-state index >= 15 is 0 Å². The minimum Gasteiger partial charge on any atom is -0.379 e. The van der Waals surface area contributed by atoms with Crippen LogP contribution in [-0.4, -0.2) is 46.2 Å². The topological polar surface area (TPSA) is 72.6 Å². The van der Waals surface area contributed by atoms with Gasteiger partial charge in [0.15, 0.2) is 0 Å². The second kappa shape index (κ2) is 5.29. The molecule has 0 saturated carbocycles. The molecule has 1 saturated heterocycles. The number of morpholine rings is 1. The van der Waals surface area contributed by atoms with Gasteiger partial charge in [-0.15, -0.1) is 0 Å². The first-order chi connectivity index (χ1) is 9.60. The molecule has 0 bridgehead atoms. The van der Waals surface area contributed by atoms with Gasteiger partial charge in [-0.25, -0.2) is 8.42 Å². The van der Waals surface area contributed by atoms with Crippen LogP contribution in [0.25, 0.3) is 5.57 Å². The number of hydrogen-bond acceptors (Lipinski definition) is 5. The van der Waals surface area contributed by atoms with Crippen LogP contribution in [0.4, 0.5) is 0 Å². The summed E-state index contributed by atoms with van der Waals surface area (Å²) in [6.45, 7) is 4.10. The Balaban J connectivity index is 1.91. The lowest BCUT2D eigenvalue weighted by Gasteiger charge is -2.27. The van der Waals surface area contributed by atoms with Crippen LogP contribution in [0.1, 0.15) is 11.1 Å². The van der Waals surface area contributed by atoms with Crippen LogP contribution in [0.5, 0.6) is 0 Å². The maximum absolute atomic E-state index is 12.2. The zero-order chi connectivity index (χ0) is 14.2. The van der Waals surface area contributed by atoms with E-state index in [1.54, 1.807) is 6.07 Å². The van der Waals surface area contributed by atoms with E-state index in [4.69, 9.17) is 10.5 Å². The summed E-state index contributed by atoms with van der Waals surface area (Å²) in [5.41, 5.74) is 8.10. The predicted molar refractivity (Wildman–Crippen MR) is 76.8 cm³/mol. The van der Waals surface area contributed by atoms with Crippen molar-refractivity contribution in [3.63, 3.8) is 0 Å². The molecule has 0 unspecified atom stereocenters. The molecule has 0 atom stereocenters. The van der Waals surface area contributed by atoms with Crippen molar-refractivity contribution in [3.8, 4) is 0 Å². The SMILES string of the molecule is NCc1ccc2c(c1)S(=O)(=O)C=C2CN1CCOCC1. The van der Waals surface area contributed by atoms with E-state index in [2.05, 4.69) is 4.90 Å². The lowest BCUT2D eigenvalue weighted by atomic mass is 10.0. The molecule has 6 heteroatoms. The van der Waals surface area contributed by atoms with Crippen molar-refractivity contribution in [2.75, 3.05) is 32.8 Å².